The Labute approximate surface area is 191 Å². The summed E-state index contributed by atoms with van der Waals surface area (Å²) in [6, 6.07) is 14.6. The van der Waals surface area contributed by atoms with E-state index >= 15 is 0 Å². The van der Waals surface area contributed by atoms with E-state index in [1.165, 1.54) is 12.1 Å². The van der Waals surface area contributed by atoms with E-state index in [0.717, 1.165) is 16.7 Å². The minimum Gasteiger partial charge on any atom is -0.508 e. The van der Waals surface area contributed by atoms with E-state index in [2.05, 4.69) is 0 Å². The Morgan fingerprint density at radius 2 is 1.74 bits per heavy atom. The maximum atomic E-state index is 13.2. The summed E-state index contributed by atoms with van der Waals surface area (Å²) in [6.07, 6.45) is 0.576. The van der Waals surface area contributed by atoms with E-state index in [1.54, 1.807) is 30.3 Å². The van der Waals surface area contributed by atoms with Crippen LogP contribution in [0.5, 0.6) is 11.5 Å². The number of rotatable bonds is 8. The quantitative estimate of drug-likeness (QED) is 0.404. The zero-order valence-corrected chi connectivity index (χ0v) is 18.8. The molecule has 0 aliphatic heterocycles. The molecule has 0 heterocycles. The fraction of sp³-hybridized carbons (Fsp3) is 0.240. The Hall–Kier alpha value is -2.56. The molecule has 3 aromatic carbocycles. The van der Waals surface area contributed by atoms with Gasteiger partial charge in [-0.1, -0.05) is 61.3 Å². The molecule has 0 atom stereocenters. The molecule has 0 aromatic heterocycles. The summed E-state index contributed by atoms with van der Waals surface area (Å²) in [5.41, 5.74) is 3.17. The maximum Gasteiger partial charge on any atom is 0.174 e. The lowest BCUT2D eigenvalue weighted by atomic mass is 9.96. The summed E-state index contributed by atoms with van der Waals surface area (Å²) in [6.45, 7) is 3.86. The van der Waals surface area contributed by atoms with Gasteiger partial charge in [-0.05, 0) is 58.5 Å². The van der Waals surface area contributed by atoms with Gasteiger partial charge in [0.1, 0.15) is 23.9 Å². The molecule has 3 rings (SSSR count). The standard InChI is InChI=1S/C25H23Cl2FO3/c1-15(2)21-10-17(6-7-25(21)30)11-22-23(26)12-20(13-24(22)27)31-14-19(29)9-16-4-3-5-18(28)8-16/h3-8,10,12-13,15,30H,9,11,14H2,1-2H3. The molecule has 0 spiro atoms. The summed E-state index contributed by atoms with van der Waals surface area (Å²) in [5.74, 6) is 0.274. The molecule has 0 unspecified atom stereocenters. The molecule has 162 valence electrons. The zero-order chi connectivity index (χ0) is 22.5. The van der Waals surface area contributed by atoms with Crippen LogP contribution in [0.1, 0.15) is 42.0 Å². The van der Waals surface area contributed by atoms with Gasteiger partial charge in [0, 0.05) is 22.9 Å². The Kier molecular flexibility index (Phi) is 7.58. The van der Waals surface area contributed by atoms with Gasteiger partial charge in [0.25, 0.3) is 0 Å². The molecule has 1 N–H and O–H groups in total. The third-order valence-corrected chi connectivity index (χ3v) is 5.57. The zero-order valence-electron chi connectivity index (χ0n) is 17.3. The van der Waals surface area contributed by atoms with Gasteiger partial charge in [0.2, 0.25) is 0 Å². The highest BCUT2D eigenvalue weighted by molar-refractivity contribution is 6.36. The molecular weight excluding hydrogens is 438 g/mol. The second kappa shape index (κ2) is 10.2. The molecule has 0 aliphatic carbocycles. The average Bonchev–Trinajstić information content (AvgIpc) is 2.70. The van der Waals surface area contributed by atoms with Crippen molar-refractivity contribution < 1.29 is 19.0 Å². The van der Waals surface area contributed by atoms with Crippen LogP contribution < -0.4 is 4.74 Å². The highest BCUT2D eigenvalue weighted by atomic mass is 35.5. The molecule has 3 aromatic rings. The predicted octanol–water partition coefficient (Wildman–Crippen LogP) is 6.74. The SMILES string of the molecule is CC(C)c1cc(Cc2c(Cl)cc(OCC(=O)Cc3cccc(F)c3)cc2Cl)ccc1O. The summed E-state index contributed by atoms with van der Waals surface area (Å²) in [4.78, 5) is 12.2. The van der Waals surface area contributed by atoms with E-state index in [-0.39, 0.29) is 36.3 Å². The minimum atomic E-state index is -0.380. The van der Waals surface area contributed by atoms with Crippen molar-refractivity contribution in [2.75, 3.05) is 6.61 Å². The monoisotopic (exact) mass is 460 g/mol. The molecule has 0 radical (unpaired) electrons. The van der Waals surface area contributed by atoms with Crippen molar-refractivity contribution >= 4 is 29.0 Å². The minimum absolute atomic E-state index is 0.0797. The number of aromatic hydroxyl groups is 1. The van der Waals surface area contributed by atoms with Crippen LogP contribution >= 0.6 is 23.2 Å². The first-order chi connectivity index (χ1) is 14.7. The Morgan fingerprint density at radius 1 is 1.03 bits per heavy atom. The smallest absolute Gasteiger partial charge is 0.174 e. The Bertz CT molecular complexity index is 1070. The number of halogens is 3. The van der Waals surface area contributed by atoms with Gasteiger partial charge >= 0.3 is 0 Å². The number of ketones is 1. The highest BCUT2D eigenvalue weighted by Gasteiger charge is 2.14. The van der Waals surface area contributed by atoms with Gasteiger partial charge in [0.05, 0.1) is 0 Å². The topological polar surface area (TPSA) is 46.5 Å². The summed E-state index contributed by atoms with van der Waals surface area (Å²) in [7, 11) is 0. The number of hydrogen-bond donors (Lipinski definition) is 1. The summed E-state index contributed by atoms with van der Waals surface area (Å²) >= 11 is 12.9. The fourth-order valence-electron chi connectivity index (χ4n) is 3.30. The number of carbonyl (C=O) groups excluding carboxylic acids is 1. The molecule has 0 saturated carbocycles. The number of carbonyl (C=O) groups is 1. The second-order valence-corrected chi connectivity index (χ2v) is 8.54. The Morgan fingerprint density at radius 3 is 2.39 bits per heavy atom. The third-order valence-electron chi connectivity index (χ3n) is 4.90. The predicted molar refractivity (Wildman–Crippen MR) is 122 cm³/mol. The van der Waals surface area contributed by atoms with Gasteiger partial charge in [-0.2, -0.15) is 0 Å². The van der Waals surface area contributed by atoms with Gasteiger partial charge in [-0.25, -0.2) is 4.39 Å². The molecule has 0 fully saturated rings. The molecule has 31 heavy (non-hydrogen) atoms. The largest absolute Gasteiger partial charge is 0.508 e. The number of Topliss-reactive ketones (excluding diaryl/α,β-unsaturated/α-hetero) is 1. The van der Waals surface area contributed by atoms with Gasteiger partial charge < -0.3 is 9.84 Å². The third kappa shape index (κ3) is 6.22. The van der Waals surface area contributed by atoms with Crippen molar-refractivity contribution in [3.05, 3.63) is 92.7 Å². The van der Waals surface area contributed by atoms with Crippen molar-refractivity contribution in [3.63, 3.8) is 0 Å². The van der Waals surface area contributed by atoms with Crippen LogP contribution in [0.3, 0.4) is 0 Å². The van der Waals surface area contributed by atoms with Crippen LogP contribution in [0.25, 0.3) is 0 Å². The number of phenols is 1. The normalized spacial score (nSPS) is 11.0. The second-order valence-electron chi connectivity index (χ2n) is 7.72. The first-order valence-electron chi connectivity index (χ1n) is 9.91. The van der Waals surface area contributed by atoms with Crippen LogP contribution in [-0.4, -0.2) is 17.5 Å². The lowest BCUT2D eigenvalue weighted by molar-refractivity contribution is -0.120. The van der Waals surface area contributed by atoms with E-state index in [1.807, 2.05) is 26.0 Å². The molecule has 0 saturated heterocycles. The molecular formula is C25H23Cl2FO3. The van der Waals surface area contributed by atoms with Crippen LogP contribution in [0, 0.1) is 5.82 Å². The number of ether oxygens (including phenoxy) is 1. The van der Waals surface area contributed by atoms with Crippen LogP contribution in [0.2, 0.25) is 10.0 Å². The Balaban J connectivity index is 1.67. The van der Waals surface area contributed by atoms with Gasteiger partial charge in [-0.15, -0.1) is 0 Å². The highest BCUT2D eigenvalue weighted by Crippen LogP contribution is 2.34. The lowest BCUT2D eigenvalue weighted by Crippen LogP contribution is -2.14. The van der Waals surface area contributed by atoms with Crippen molar-refractivity contribution in [1.82, 2.24) is 0 Å². The van der Waals surface area contributed by atoms with Crippen LogP contribution in [-0.2, 0) is 17.6 Å². The molecule has 0 aliphatic rings. The first kappa shape index (κ1) is 23.1. The first-order valence-corrected chi connectivity index (χ1v) is 10.7. The van der Waals surface area contributed by atoms with Crippen LogP contribution in [0.15, 0.2) is 54.6 Å². The van der Waals surface area contributed by atoms with Crippen molar-refractivity contribution in [2.45, 2.75) is 32.6 Å². The van der Waals surface area contributed by atoms with Gasteiger partial charge in [-0.3, -0.25) is 4.79 Å². The van der Waals surface area contributed by atoms with Crippen molar-refractivity contribution in [1.29, 1.82) is 0 Å². The van der Waals surface area contributed by atoms with Crippen molar-refractivity contribution in [2.24, 2.45) is 0 Å². The molecule has 0 bridgehead atoms. The average molecular weight is 461 g/mol. The number of phenolic OH excluding ortho intramolecular Hbond substituents is 1. The summed E-state index contributed by atoms with van der Waals surface area (Å²) < 4.78 is 18.8. The molecule has 6 heteroatoms. The van der Waals surface area contributed by atoms with Crippen molar-refractivity contribution in [3.8, 4) is 11.5 Å². The van der Waals surface area contributed by atoms with E-state index in [0.29, 0.717) is 27.8 Å². The number of benzene rings is 3. The lowest BCUT2D eigenvalue weighted by Gasteiger charge is -2.14. The van der Waals surface area contributed by atoms with Gasteiger partial charge in [0.15, 0.2) is 5.78 Å². The van der Waals surface area contributed by atoms with E-state index in [4.69, 9.17) is 27.9 Å². The fourth-order valence-corrected chi connectivity index (χ4v) is 3.90. The maximum absolute atomic E-state index is 13.2. The molecule has 0 amide bonds. The summed E-state index contributed by atoms with van der Waals surface area (Å²) in [5, 5.41) is 10.9. The van der Waals surface area contributed by atoms with E-state index in [9.17, 15) is 14.3 Å². The van der Waals surface area contributed by atoms with Crippen LogP contribution in [0.4, 0.5) is 4.39 Å². The molecule has 3 nitrogen and oxygen atoms in total. The number of hydrogen-bond acceptors (Lipinski definition) is 3. The van der Waals surface area contributed by atoms with E-state index < -0.39 is 0 Å².